The van der Waals surface area contributed by atoms with Crippen molar-refractivity contribution >= 4 is 17.0 Å². The van der Waals surface area contributed by atoms with Crippen molar-refractivity contribution in [2.24, 2.45) is 16.0 Å². The summed E-state index contributed by atoms with van der Waals surface area (Å²) in [6.45, 7) is 8.82. The molecular formula is C24H33N3O3S. The monoisotopic (exact) mass is 443 g/mol. The Kier molecular flexibility index (Phi) is 7.96. The average Bonchev–Trinajstić information content (AvgIpc) is 3.19. The van der Waals surface area contributed by atoms with Crippen molar-refractivity contribution in [2.45, 2.75) is 46.0 Å². The van der Waals surface area contributed by atoms with Gasteiger partial charge in [0.25, 0.3) is 0 Å². The van der Waals surface area contributed by atoms with E-state index in [2.05, 4.69) is 18.9 Å². The van der Waals surface area contributed by atoms with E-state index in [0.29, 0.717) is 23.8 Å². The van der Waals surface area contributed by atoms with Crippen LogP contribution in [0.1, 0.15) is 46.0 Å². The number of hydrogen-bond acceptors (Lipinski definition) is 6. The number of hydrogen-bond donors (Lipinski definition) is 0. The Balaban J connectivity index is 2.11. The molecule has 1 fully saturated rings. The Hall–Kier alpha value is -2.54. The lowest BCUT2D eigenvalue weighted by Gasteiger charge is -2.21. The second kappa shape index (κ2) is 10.7. The molecule has 2 aromatic rings. The van der Waals surface area contributed by atoms with E-state index in [-0.39, 0.29) is 0 Å². The van der Waals surface area contributed by atoms with Crippen LogP contribution in [0.4, 0.5) is 0 Å². The molecule has 0 spiro atoms. The second-order valence-electron chi connectivity index (χ2n) is 7.92. The van der Waals surface area contributed by atoms with E-state index >= 15 is 0 Å². The highest BCUT2D eigenvalue weighted by Gasteiger charge is 2.19. The van der Waals surface area contributed by atoms with Gasteiger partial charge in [-0.3, -0.25) is 4.99 Å². The van der Waals surface area contributed by atoms with Crippen LogP contribution in [0, 0.1) is 5.92 Å². The predicted molar refractivity (Wildman–Crippen MR) is 128 cm³/mol. The van der Waals surface area contributed by atoms with Crippen molar-refractivity contribution in [1.82, 2.24) is 4.68 Å². The SMILES string of the molecule is C=C(C)CN=c1scc(-c2cc(OC)c(OC)c(OC)c2)n1N=C1CCC(CC)CC1. The molecule has 3 rings (SSSR count). The Labute approximate surface area is 188 Å². The minimum absolute atomic E-state index is 0.576. The van der Waals surface area contributed by atoms with Gasteiger partial charge in [0.05, 0.1) is 33.6 Å². The first-order chi connectivity index (χ1) is 15.0. The fourth-order valence-electron chi connectivity index (χ4n) is 3.79. The molecule has 0 atom stereocenters. The van der Waals surface area contributed by atoms with E-state index in [1.807, 2.05) is 23.7 Å². The van der Waals surface area contributed by atoms with Gasteiger partial charge in [0.15, 0.2) is 11.5 Å². The van der Waals surface area contributed by atoms with Crippen molar-refractivity contribution in [3.8, 4) is 28.5 Å². The van der Waals surface area contributed by atoms with Crippen molar-refractivity contribution < 1.29 is 14.2 Å². The summed E-state index contributed by atoms with van der Waals surface area (Å²) in [4.78, 5) is 5.61. The molecule has 0 bridgehead atoms. The van der Waals surface area contributed by atoms with Crippen LogP contribution >= 0.6 is 11.3 Å². The van der Waals surface area contributed by atoms with Gasteiger partial charge in [-0.15, -0.1) is 11.3 Å². The average molecular weight is 444 g/mol. The van der Waals surface area contributed by atoms with Crippen LogP contribution in [0.5, 0.6) is 17.2 Å². The predicted octanol–water partition coefficient (Wildman–Crippen LogP) is 5.52. The highest BCUT2D eigenvalue weighted by Crippen LogP contribution is 2.41. The normalized spacial score (nSPS) is 16.9. The largest absolute Gasteiger partial charge is 0.493 e. The van der Waals surface area contributed by atoms with Crippen molar-refractivity contribution in [3.63, 3.8) is 0 Å². The number of thiazole rings is 1. The highest BCUT2D eigenvalue weighted by molar-refractivity contribution is 7.07. The lowest BCUT2D eigenvalue weighted by atomic mass is 9.86. The summed E-state index contributed by atoms with van der Waals surface area (Å²) in [6, 6.07) is 3.91. The minimum Gasteiger partial charge on any atom is -0.493 e. The number of aromatic nitrogens is 1. The Morgan fingerprint density at radius 1 is 1.13 bits per heavy atom. The summed E-state index contributed by atoms with van der Waals surface area (Å²) >= 11 is 1.58. The third kappa shape index (κ3) is 5.39. The van der Waals surface area contributed by atoms with Gasteiger partial charge in [0, 0.05) is 16.7 Å². The van der Waals surface area contributed by atoms with Crippen LogP contribution in [-0.4, -0.2) is 38.3 Å². The molecule has 1 aromatic carbocycles. The molecule has 0 amide bonds. The van der Waals surface area contributed by atoms with E-state index in [4.69, 9.17) is 24.3 Å². The zero-order valence-electron chi connectivity index (χ0n) is 19.2. The number of nitrogens with zero attached hydrogens (tertiary/aromatic N) is 3. The van der Waals surface area contributed by atoms with Gasteiger partial charge in [0.2, 0.25) is 10.6 Å². The van der Waals surface area contributed by atoms with E-state index in [1.165, 1.54) is 25.0 Å². The zero-order valence-corrected chi connectivity index (χ0v) is 20.1. The zero-order chi connectivity index (χ0) is 22.4. The number of benzene rings is 1. The molecule has 168 valence electrons. The van der Waals surface area contributed by atoms with Crippen molar-refractivity contribution in [3.05, 3.63) is 34.5 Å². The van der Waals surface area contributed by atoms with Crippen LogP contribution in [0.2, 0.25) is 0 Å². The third-order valence-electron chi connectivity index (χ3n) is 5.63. The first-order valence-corrected chi connectivity index (χ1v) is 11.6. The van der Waals surface area contributed by atoms with E-state index in [1.54, 1.807) is 32.7 Å². The maximum atomic E-state index is 5.56. The topological polar surface area (TPSA) is 57.3 Å². The van der Waals surface area contributed by atoms with Crippen molar-refractivity contribution in [2.75, 3.05) is 27.9 Å². The van der Waals surface area contributed by atoms with Crippen LogP contribution < -0.4 is 19.0 Å². The van der Waals surface area contributed by atoms with Gasteiger partial charge in [0.1, 0.15) is 0 Å². The maximum Gasteiger partial charge on any atom is 0.206 e. The Morgan fingerprint density at radius 3 is 2.29 bits per heavy atom. The van der Waals surface area contributed by atoms with Gasteiger partial charge in [-0.05, 0) is 50.7 Å². The standard InChI is InChI=1S/C24H33N3O3S/c1-7-17-8-10-19(11-9-17)26-27-20(15-31-24(27)25-14-16(2)3)18-12-21(28-4)23(30-6)22(13-18)29-5/h12-13,15,17H,2,7-11,14H2,1,3-6H3. The van der Waals surface area contributed by atoms with Gasteiger partial charge in [-0.1, -0.05) is 25.5 Å². The van der Waals surface area contributed by atoms with Gasteiger partial charge in [-0.25, -0.2) is 4.68 Å². The molecule has 0 saturated heterocycles. The molecule has 1 heterocycles. The summed E-state index contributed by atoms with van der Waals surface area (Å²) in [5, 5.41) is 7.15. The lowest BCUT2D eigenvalue weighted by molar-refractivity contribution is 0.324. The molecule has 6 nitrogen and oxygen atoms in total. The van der Waals surface area contributed by atoms with Gasteiger partial charge in [-0.2, -0.15) is 5.10 Å². The first kappa shape index (κ1) is 23.1. The molecule has 1 aromatic heterocycles. The number of ether oxygens (including phenoxy) is 3. The van der Waals surface area contributed by atoms with Crippen molar-refractivity contribution in [1.29, 1.82) is 0 Å². The molecule has 0 aliphatic heterocycles. The smallest absolute Gasteiger partial charge is 0.206 e. The Bertz CT molecular complexity index is 984. The Morgan fingerprint density at radius 2 is 1.77 bits per heavy atom. The van der Waals surface area contributed by atoms with Gasteiger partial charge < -0.3 is 14.2 Å². The van der Waals surface area contributed by atoms with Crippen LogP contribution in [0.15, 0.2) is 39.8 Å². The fourth-order valence-corrected chi connectivity index (χ4v) is 4.63. The van der Waals surface area contributed by atoms with E-state index in [9.17, 15) is 0 Å². The van der Waals surface area contributed by atoms with E-state index < -0.39 is 0 Å². The third-order valence-corrected chi connectivity index (χ3v) is 6.49. The molecule has 0 N–H and O–H groups in total. The number of methoxy groups -OCH3 is 3. The number of rotatable bonds is 8. The molecule has 1 aliphatic rings. The first-order valence-electron chi connectivity index (χ1n) is 10.7. The van der Waals surface area contributed by atoms with Crippen LogP contribution in [-0.2, 0) is 0 Å². The van der Waals surface area contributed by atoms with Crippen LogP contribution in [0.3, 0.4) is 0 Å². The van der Waals surface area contributed by atoms with Gasteiger partial charge >= 0.3 is 0 Å². The summed E-state index contributed by atoms with van der Waals surface area (Å²) < 4.78 is 18.6. The molecule has 1 saturated carbocycles. The highest BCUT2D eigenvalue weighted by atomic mass is 32.1. The summed E-state index contributed by atoms with van der Waals surface area (Å²) in [6.07, 6.45) is 5.73. The van der Waals surface area contributed by atoms with E-state index in [0.717, 1.165) is 40.4 Å². The second-order valence-corrected chi connectivity index (χ2v) is 8.76. The molecule has 7 heteroatoms. The fraction of sp³-hybridized carbons (Fsp3) is 0.500. The summed E-state index contributed by atoms with van der Waals surface area (Å²) in [5.41, 5.74) is 4.14. The maximum absolute atomic E-state index is 5.56. The molecular weight excluding hydrogens is 410 g/mol. The summed E-state index contributed by atoms with van der Waals surface area (Å²) in [5.74, 6) is 2.62. The summed E-state index contributed by atoms with van der Waals surface area (Å²) in [7, 11) is 4.86. The molecule has 31 heavy (non-hydrogen) atoms. The lowest BCUT2D eigenvalue weighted by Crippen LogP contribution is -2.19. The molecule has 0 radical (unpaired) electrons. The quantitative estimate of drug-likeness (QED) is 0.505. The molecule has 0 unspecified atom stereocenters. The minimum atomic E-state index is 0.576. The molecule has 1 aliphatic carbocycles. The van der Waals surface area contributed by atoms with Crippen LogP contribution in [0.25, 0.3) is 11.3 Å².